The molecule has 0 saturated heterocycles. The normalized spacial score (nSPS) is 10.7. The summed E-state index contributed by atoms with van der Waals surface area (Å²) < 4.78 is 10.4. The first-order chi connectivity index (χ1) is 12.1. The van der Waals surface area contributed by atoms with Crippen LogP contribution in [0.5, 0.6) is 11.5 Å². The second kappa shape index (κ2) is 9.96. The minimum atomic E-state index is -0.148. The summed E-state index contributed by atoms with van der Waals surface area (Å²) in [6.45, 7) is 0. The second-order valence-electron chi connectivity index (χ2n) is 4.95. The van der Waals surface area contributed by atoms with Crippen LogP contribution >= 0.6 is 23.4 Å². The molecule has 0 aliphatic heterocycles. The van der Waals surface area contributed by atoms with Gasteiger partial charge in [-0.05, 0) is 36.4 Å². The highest BCUT2D eigenvalue weighted by molar-refractivity contribution is 7.99. The number of carbonyl (C=O) groups excluding carboxylic acids is 1. The van der Waals surface area contributed by atoms with E-state index in [9.17, 15) is 4.79 Å². The van der Waals surface area contributed by atoms with Crippen LogP contribution in [0.2, 0.25) is 5.02 Å². The molecular weight excluding hydrogens is 360 g/mol. The van der Waals surface area contributed by atoms with Crippen LogP contribution in [-0.2, 0) is 4.79 Å². The lowest BCUT2D eigenvalue weighted by atomic mass is 10.2. The van der Waals surface area contributed by atoms with Gasteiger partial charge in [0.15, 0.2) is 0 Å². The van der Waals surface area contributed by atoms with Crippen LogP contribution in [0.4, 0.5) is 0 Å². The largest absolute Gasteiger partial charge is 0.497 e. The SMILES string of the molecule is COc1ccc(/C=N\NC(=O)CCSc2ccc(Cl)cc2)c(OC)c1. The van der Waals surface area contributed by atoms with Crippen LogP contribution in [0.25, 0.3) is 0 Å². The Labute approximate surface area is 156 Å². The minimum absolute atomic E-state index is 0.148. The summed E-state index contributed by atoms with van der Waals surface area (Å²) in [5.74, 6) is 1.83. The fourth-order valence-electron chi connectivity index (χ4n) is 1.95. The summed E-state index contributed by atoms with van der Waals surface area (Å²) in [5, 5.41) is 4.67. The molecule has 1 N–H and O–H groups in total. The van der Waals surface area contributed by atoms with E-state index in [0.29, 0.717) is 28.7 Å². The summed E-state index contributed by atoms with van der Waals surface area (Å²) in [7, 11) is 3.16. The van der Waals surface area contributed by atoms with Gasteiger partial charge in [-0.3, -0.25) is 4.79 Å². The lowest BCUT2D eigenvalue weighted by Gasteiger charge is -2.07. The van der Waals surface area contributed by atoms with Crippen molar-refractivity contribution in [2.75, 3.05) is 20.0 Å². The van der Waals surface area contributed by atoms with Crippen molar-refractivity contribution in [3.8, 4) is 11.5 Å². The number of nitrogens with zero attached hydrogens (tertiary/aromatic N) is 1. The molecule has 0 bridgehead atoms. The molecule has 0 saturated carbocycles. The van der Waals surface area contributed by atoms with Gasteiger partial charge in [0.25, 0.3) is 0 Å². The average Bonchev–Trinajstić information content (AvgIpc) is 2.63. The second-order valence-corrected chi connectivity index (χ2v) is 6.56. The Hall–Kier alpha value is -2.18. The number of hydrazone groups is 1. The van der Waals surface area contributed by atoms with Gasteiger partial charge < -0.3 is 9.47 Å². The van der Waals surface area contributed by atoms with E-state index < -0.39 is 0 Å². The summed E-state index contributed by atoms with van der Waals surface area (Å²) >= 11 is 7.43. The molecule has 0 radical (unpaired) electrons. The van der Waals surface area contributed by atoms with Crippen LogP contribution < -0.4 is 14.9 Å². The Bertz CT molecular complexity index is 736. The molecule has 2 rings (SSSR count). The maximum Gasteiger partial charge on any atom is 0.240 e. The van der Waals surface area contributed by atoms with Gasteiger partial charge in [-0.1, -0.05) is 11.6 Å². The fraction of sp³-hybridized carbons (Fsp3) is 0.222. The molecule has 7 heteroatoms. The predicted molar refractivity (Wildman–Crippen MR) is 102 cm³/mol. The molecule has 1 amide bonds. The molecule has 2 aromatic carbocycles. The molecule has 0 spiro atoms. The Morgan fingerprint density at radius 1 is 1.20 bits per heavy atom. The van der Waals surface area contributed by atoms with Gasteiger partial charge in [0.1, 0.15) is 11.5 Å². The van der Waals surface area contributed by atoms with Crippen molar-refractivity contribution in [1.82, 2.24) is 5.43 Å². The quantitative estimate of drug-likeness (QED) is 0.428. The number of ether oxygens (including phenoxy) is 2. The molecular formula is C18H19ClN2O3S. The molecule has 5 nitrogen and oxygen atoms in total. The molecule has 0 aromatic heterocycles. The van der Waals surface area contributed by atoms with E-state index in [2.05, 4.69) is 10.5 Å². The maximum absolute atomic E-state index is 11.8. The number of benzene rings is 2. The molecule has 2 aromatic rings. The van der Waals surface area contributed by atoms with E-state index >= 15 is 0 Å². The first kappa shape index (κ1) is 19.1. The summed E-state index contributed by atoms with van der Waals surface area (Å²) in [4.78, 5) is 12.9. The fourth-order valence-corrected chi connectivity index (χ4v) is 2.92. The third-order valence-electron chi connectivity index (χ3n) is 3.25. The van der Waals surface area contributed by atoms with E-state index in [1.54, 1.807) is 44.3 Å². The Balaban J connectivity index is 1.79. The van der Waals surface area contributed by atoms with Crippen molar-refractivity contribution in [3.05, 3.63) is 53.1 Å². The molecule has 0 aliphatic rings. The molecule has 25 heavy (non-hydrogen) atoms. The molecule has 132 valence electrons. The molecule has 0 unspecified atom stereocenters. The Morgan fingerprint density at radius 2 is 1.96 bits per heavy atom. The van der Waals surface area contributed by atoms with Crippen LogP contribution in [-0.4, -0.2) is 32.1 Å². The van der Waals surface area contributed by atoms with E-state index in [-0.39, 0.29) is 5.91 Å². The van der Waals surface area contributed by atoms with Crippen molar-refractivity contribution in [1.29, 1.82) is 0 Å². The summed E-state index contributed by atoms with van der Waals surface area (Å²) in [6, 6.07) is 12.9. The molecule has 0 fully saturated rings. The first-order valence-electron chi connectivity index (χ1n) is 7.54. The number of hydrogen-bond donors (Lipinski definition) is 1. The predicted octanol–water partition coefficient (Wildman–Crippen LogP) is 3.99. The zero-order valence-electron chi connectivity index (χ0n) is 14.0. The first-order valence-corrected chi connectivity index (χ1v) is 8.91. The number of methoxy groups -OCH3 is 2. The van der Waals surface area contributed by atoms with Gasteiger partial charge in [0, 0.05) is 33.7 Å². The Morgan fingerprint density at radius 3 is 2.64 bits per heavy atom. The van der Waals surface area contributed by atoms with E-state index in [1.165, 1.54) is 0 Å². The number of thioether (sulfide) groups is 1. The summed E-state index contributed by atoms with van der Waals surface area (Å²) in [6.07, 6.45) is 1.91. The van der Waals surface area contributed by atoms with Crippen molar-refractivity contribution >= 4 is 35.5 Å². The Kier molecular flexibility index (Phi) is 7.63. The van der Waals surface area contributed by atoms with Crippen molar-refractivity contribution in [2.45, 2.75) is 11.3 Å². The van der Waals surface area contributed by atoms with Crippen LogP contribution in [0, 0.1) is 0 Å². The molecule has 0 atom stereocenters. The molecule has 0 aliphatic carbocycles. The van der Waals surface area contributed by atoms with Crippen molar-refractivity contribution in [3.63, 3.8) is 0 Å². The smallest absolute Gasteiger partial charge is 0.240 e. The number of hydrogen-bond acceptors (Lipinski definition) is 5. The third-order valence-corrected chi connectivity index (χ3v) is 4.51. The van der Waals surface area contributed by atoms with Gasteiger partial charge in [-0.2, -0.15) is 5.10 Å². The van der Waals surface area contributed by atoms with E-state index in [4.69, 9.17) is 21.1 Å². The van der Waals surface area contributed by atoms with Gasteiger partial charge in [0.2, 0.25) is 5.91 Å². The van der Waals surface area contributed by atoms with Crippen LogP contribution in [0.1, 0.15) is 12.0 Å². The zero-order chi connectivity index (χ0) is 18.1. The third kappa shape index (κ3) is 6.32. The van der Waals surface area contributed by atoms with Crippen molar-refractivity contribution in [2.24, 2.45) is 5.10 Å². The summed E-state index contributed by atoms with van der Waals surface area (Å²) in [5.41, 5.74) is 3.26. The van der Waals surface area contributed by atoms with Crippen molar-refractivity contribution < 1.29 is 14.3 Å². The van der Waals surface area contributed by atoms with Gasteiger partial charge in [0.05, 0.1) is 20.4 Å². The van der Waals surface area contributed by atoms with Crippen LogP contribution in [0.3, 0.4) is 0 Å². The lowest BCUT2D eigenvalue weighted by Crippen LogP contribution is -2.17. The number of rotatable bonds is 8. The van der Waals surface area contributed by atoms with Gasteiger partial charge >= 0.3 is 0 Å². The highest BCUT2D eigenvalue weighted by Gasteiger charge is 2.04. The number of halogens is 1. The lowest BCUT2D eigenvalue weighted by molar-refractivity contribution is -0.120. The number of carbonyl (C=O) groups is 1. The number of nitrogens with one attached hydrogen (secondary N) is 1. The monoisotopic (exact) mass is 378 g/mol. The highest BCUT2D eigenvalue weighted by Crippen LogP contribution is 2.23. The minimum Gasteiger partial charge on any atom is -0.497 e. The molecule has 0 heterocycles. The van der Waals surface area contributed by atoms with E-state index in [1.807, 2.05) is 30.3 Å². The highest BCUT2D eigenvalue weighted by atomic mass is 35.5. The van der Waals surface area contributed by atoms with Gasteiger partial charge in [-0.25, -0.2) is 5.43 Å². The average molecular weight is 379 g/mol. The number of amides is 1. The van der Waals surface area contributed by atoms with E-state index in [0.717, 1.165) is 10.5 Å². The zero-order valence-corrected chi connectivity index (χ0v) is 15.6. The topological polar surface area (TPSA) is 59.9 Å². The van der Waals surface area contributed by atoms with Gasteiger partial charge in [-0.15, -0.1) is 11.8 Å². The standard InChI is InChI=1S/C18H19ClN2O3S/c1-23-15-6-3-13(17(11-15)24-2)12-20-21-18(22)9-10-25-16-7-4-14(19)5-8-16/h3-8,11-12H,9-10H2,1-2H3,(H,21,22)/b20-12-. The van der Waals surface area contributed by atoms with Crippen LogP contribution in [0.15, 0.2) is 52.5 Å². The maximum atomic E-state index is 11.8.